The summed E-state index contributed by atoms with van der Waals surface area (Å²) in [6.45, 7) is 0.524. The van der Waals surface area contributed by atoms with E-state index in [4.69, 9.17) is 25.8 Å². The predicted octanol–water partition coefficient (Wildman–Crippen LogP) is 3.00. The van der Waals surface area contributed by atoms with E-state index in [0.29, 0.717) is 40.0 Å². The number of aromatic nitrogens is 5. The van der Waals surface area contributed by atoms with E-state index in [-0.39, 0.29) is 30.9 Å². The van der Waals surface area contributed by atoms with E-state index in [1.165, 1.54) is 0 Å². The number of ether oxygens (including phenoxy) is 3. The quantitative estimate of drug-likeness (QED) is 0.388. The first kappa shape index (κ1) is 24.2. The largest absolute Gasteiger partial charge is 0.456 e. The molecular formula is C24H23ClN6O5S. The van der Waals surface area contributed by atoms with Crippen molar-refractivity contribution >= 4 is 38.2 Å². The van der Waals surface area contributed by atoms with Gasteiger partial charge in [-0.3, -0.25) is 0 Å². The number of aliphatic hydroxyl groups excluding tert-OH is 1. The fourth-order valence-electron chi connectivity index (χ4n) is 4.39. The van der Waals surface area contributed by atoms with Gasteiger partial charge in [-0.15, -0.1) is 0 Å². The molecule has 4 atom stereocenters. The van der Waals surface area contributed by atoms with Crippen molar-refractivity contribution < 1.29 is 23.5 Å². The van der Waals surface area contributed by atoms with Crippen LogP contribution in [-0.2, 0) is 19.2 Å². The Labute approximate surface area is 217 Å². The molecule has 0 radical (unpaired) electrons. The molecule has 2 fully saturated rings. The second-order valence-electron chi connectivity index (χ2n) is 9.17. The summed E-state index contributed by atoms with van der Waals surface area (Å²) in [7, 11) is -2.28. The topological polar surface area (TPSA) is 145 Å². The molecule has 0 unspecified atom stereocenters. The van der Waals surface area contributed by atoms with E-state index in [0.717, 1.165) is 11.1 Å². The highest BCUT2D eigenvalue weighted by Gasteiger charge is 2.48. The van der Waals surface area contributed by atoms with Gasteiger partial charge in [-0.2, -0.15) is 9.35 Å². The molecule has 4 aromatic rings. The number of hydrogen-bond donors (Lipinski definition) is 2. The number of halogens is 1. The van der Waals surface area contributed by atoms with E-state index in [2.05, 4.69) is 29.3 Å². The van der Waals surface area contributed by atoms with Gasteiger partial charge < -0.3 is 24.3 Å². The number of hydrogen-bond acceptors (Lipinski definition) is 10. The van der Waals surface area contributed by atoms with Crippen molar-refractivity contribution in [2.24, 2.45) is 4.36 Å². The van der Waals surface area contributed by atoms with E-state index in [1.54, 1.807) is 31.0 Å². The standard InChI is InChI=1S/C24H23ClN6O5S/c1-37(2,33)31-14-8-26-22(27-9-14)13-5-3-12(4-6-13)19-15(25)7-16-23(29-19)30-24(28-16)36-18-11-35-20-17(32)10-34-21(18)20/h3-9,17-18,20-21,32H,10-11H2,1-2H3,(H,28,29,30)/t17-,18-,20-,21-/m1/s1. The minimum atomic E-state index is -2.28. The van der Waals surface area contributed by atoms with Crippen molar-refractivity contribution in [2.75, 3.05) is 25.7 Å². The Kier molecular flexibility index (Phi) is 6.08. The van der Waals surface area contributed by atoms with Crippen molar-refractivity contribution in [1.29, 1.82) is 0 Å². The lowest BCUT2D eigenvalue weighted by Crippen LogP contribution is -2.34. The minimum Gasteiger partial charge on any atom is -0.456 e. The normalized spacial score (nSPS) is 23.4. The molecule has 11 nitrogen and oxygen atoms in total. The van der Waals surface area contributed by atoms with Crippen LogP contribution in [0.1, 0.15) is 0 Å². The zero-order valence-electron chi connectivity index (χ0n) is 19.9. The third-order valence-corrected chi connectivity index (χ3v) is 6.97. The number of benzene rings is 1. The summed E-state index contributed by atoms with van der Waals surface area (Å²) < 4.78 is 33.1. The van der Waals surface area contributed by atoms with Crippen LogP contribution < -0.4 is 4.74 Å². The van der Waals surface area contributed by atoms with Crippen LogP contribution in [0.2, 0.25) is 5.02 Å². The third kappa shape index (κ3) is 4.90. The molecule has 0 saturated carbocycles. The van der Waals surface area contributed by atoms with Gasteiger partial charge in [0.25, 0.3) is 6.01 Å². The van der Waals surface area contributed by atoms with Crippen molar-refractivity contribution in [2.45, 2.75) is 24.4 Å². The Hall–Kier alpha value is -3.16. The summed E-state index contributed by atoms with van der Waals surface area (Å²) >= 11 is 6.56. The molecule has 5 heterocycles. The first-order chi connectivity index (χ1) is 17.7. The molecule has 6 rings (SSSR count). The zero-order valence-corrected chi connectivity index (χ0v) is 21.4. The fourth-order valence-corrected chi connectivity index (χ4v) is 5.25. The third-order valence-electron chi connectivity index (χ3n) is 6.03. The van der Waals surface area contributed by atoms with Crippen LogP contribution >= 0.6 is 11.6 Å². The summed E-state index contributed by atoms with van der Waals surface area (Å²) in [5.74, 6) is 0.518. The van der Waals surface area contributed by atoms with Crippen LogP contribution in [0.5, 0.6) is 6.01 Å². The molecule has 0 amide bonds. The van der Waals surface area contributed by atoms with Gasteiger partial charge in [-0.1, -0.05) is 35.9 Å². The molecule has 37 heavy (non-hydrogen) atoms. The van der Waals surface area contributed by atoms with Crippen LogP contribution in [0.3, 0.4) is 0 Å². The van der Waals surface area contributed by atoms with Gasteiger partial charge >= 0.3 is 0 Å². The number of nitrogens with zero attached hydrogens (tertiary/aromatic N) is 5. The summed E-state index contributed by atoms with van der Waals surface area (Å²) in [4.78, 5) is 20.9. The number of nitrogens with one attached hydrogen (secondary N) is 1. The lowest BCUT2D eigenvalue weighted by atomic mass is 10.1. The molecule has 13 heteroatoms. The Balaban J connectivity index is 1.22. The molecule has 0 aliphatic carbocycles. The highest BCUT2D eigenvalue weighted by atomic mass is 35.5. The van der Waals surface area contributed by atoms with Crippen LogP contribution in [0.4, 0.5) is 5.69 Å². The lowest BCUT2D eigenvalue weighted by Gasteiger charge is -2.15. The molecule has 192 valence electrons. The summed E-state index contributed by atoms with van der Waals surface area (Å²) in [5.41, 5.74) is 3.71. The maximum atomic E-state index is 11.9. The number of rotatable bonds is 5. The van der Waals surface area contributed by atoms with Crippen LogP contribution in [0.15, 0.2) is 47.1 Å². The molecule has 3 aromatic heterocycles. The first-order valence-electron chi connectivity index (χ1n) is 11.5. The monoisotopic (exact) mass is 542 g/mol. The van der Waals surface area contributed by atoms with Gasteiger partial charge in [-0.25, -0.2) is 19.2 Å². The van der Waals surface area contributed by atoms with Gasteiger partial charge in [-0.05, 0) is 6.07 Å². The Morgan fingerprint density at radius 2 is 1.78 bits per heavy atom. The molecule has 1 aromatic carbocycles. The Morgan fingerprint density at radius 1 is 1.08 bits per heavy atom. The summed E-state index contributed by atoms with van der Waals surface area (Å²) in [6.07, 6.45) is 4.44. The van der Waals surface area contributed by atoms with Gasteiger partial charge in [0.15, 0.2) is 17.6 Å². The second kappa shape index (κ2) is 9.30. The fraction of sp³-hybridized carbons (Fsp3) is 0.333. The predicted molar refractivity (Wildman–Crippen MR) is 137 cm³/mol. The summed E-state index contributed by atoms with van der Waals surface area (Å²) in [6, 6.07) is 9.53. The molecule has 2 aliphatic heterocycles. The van der Waals surface area contributed by atoms with Crippen LogP contribution in [0.25, 0.3) is 33.8 Å². The Bertz CT molecular complexity index is 1580. The highest BCUT2D eigenvalue weighted by Crippen LogP contribution is 2.33. The second-order valence-corrected chi connectivity index (χ2v) is 12.1. The zero-order chi connectivity index (χ0) is 25.7. The average Bonchev–Trinajstić information content (AvgIpc) is 3.55. The molecule has 2 aliphatic rings. The number of H-pyrrole nitrogens is 1. The van der Waals surface area contributed by atoms with E-state index in [1.807, 2.05) is 24.3 Å². The number of aliphatic hydroxyl groups is 1. The van der Waals surface area contributed by atoms with Crippen molar-refractivity contribution in [3.8, 4) is 28.7 Å². The molecule has 0 bridgehead atoms. The van der Waals surface area contributed by atoms with E-state index < -0.39 is 15.8 Å². The van der Waals surface area contributed by atoms with Gasteiger partial charge in [0.2, 0.25) is 0 Å². The maximum Gasteiger partial charge on any atom is 0.296 e. The van der Waals surface area contributed by atoms with Crippen LogP contribution in [-0.4, -0.2) is 84.4 Å². The molecular weight excluding hydrogens is 520 g/mol. The molecule has 2 saturated heterocycles. The highest BCUT2D eigenvalue weighted by molar-refractivity contribution is 7.92. The van der Waals surface area contributed by atoms with E-state index in [9.17, 15) is 9.32 Å². The summed E-state index contributed by atoms with van der Waals surface area (Å²) in [5, 5.41) is 10.4. The first-order valence-corrected chi connectivity index (χ1v) is 14.2. The van der Waals surface area contributed by atoms with E-state index >= 15 is 0 Å². The lowest BCUT2D eigenvalue weighted by molar-refractivity contribution is 0.00706. The number of imidazole rings is 1. The molecule has 0 spiro atoms. The number of pyridine rings is 1. The number of aromatic amines is 1. The smallest absolute Gasteiger partial charge is 0.296 e. The molecule has 2 N–H and O–H groups in total. The van der Waals surface area contributed by atoms with Crippen molar-refractivity contribution in [3.05, 3.63) is 47.7 Å². The van der Waals surface area contributed by atoms with Crippen molar-refractivity contribution in [3.63, 3.8) is 0 Å². The maximum absolute atomic E-state index is 11.9. The van der Waals surface area contributed by atoms with Gasteiger partial charge in [0.05, 0.1) is 41.8 Å². The average molecular weight is 543 g/mol. The minimum absolute atomic E-state index is 0.225. The SMILES string of the molecule is CS(C)(=O)=Nc1cnc(-c2ccc(-c3nc4nc(O[C@@H]5CO[C@H]6[C@@H]5OC[C@H]6O)[nH]c4cc3Cl)cc2)nc1. The van der Waals surface area contributed by atoms with Gasteiger partial charge in [0.1, 0.15) is 24.0 Å². The van der Waals surface area contributed by atoms with Crippen molar-refractivity contribution in [1.82, 2.24) is 24.9 Å². The van der Waals surface area contributed by atoms with Gasteiger partial charge in [0, 0.05) is 33.4 Å². The van der Waals surface area contributed by atoms with Crippen LogP contribution in [0, 0.1) is 0 Å². The number of fused-ring (bicyclic) bond motifs is 2. The Morgan fingerprint density at radius 3 is 2.51 bits per heavy atom.